The Hall–Kier alpha value is -3.72. The molecule has 7 unspecified atom stereocenters. The number of aromatic nitrogens is 5. The van der Waals surface area contributed by atoms with E-state index in [9.17, 15) is 57.9 Å². The standard InChI is InChI=1S/C32H46N9O17P3S/c1-32(2,26(44)29(45)36-8-7-22(42)35-9-10-62-31(46)19(33)11-17-12-37-20-6-4-3-5-18(17)20)14-55-61(52,53)58-60(50,51)54-13-21-25(57-59(47,48)49)24(43)30(56-21)41-16-40-23-27(34)38-15-39-28(23)41/h3-6,12,15-16,19,21,24-26,30,37,43-44H,7-11,13-14,33H2,1-2H3,(H,35,42)(H,36,45)(H,50,51)(H,52,53)(H2,34,38,39)(H2,47,48,49)/t19-,21?,24?,25?,26?,30?/m0/s1. The number of rotatable bonds is 22. The molecule has 8 atom stereocenters. The molecule has 0 spiro atoms. The third-order valence-corrected chi connectivity index (χ3v) is 13.3. The van der Waals surface area contributed by atoms with E-state index < -0.39 is 90.6 Å². The van der Waals surface area contributed by atoms with Crippen LogP contribution in [0.15, 0.2) is 43.1 Å². The molecule has 1 aliphatic heterocycles. The highest BCUT2D eigenvalue weighted by molar-refractivity contribution is 8.13. The summed E-state index contributed by atoms with van der Waals surface area (Å²) in [6.07, 6.45) is -4.87. The fourth-order valence-electron chi connectivity index (χ4n) is 6.01. The zero-order chi connectivity index (χ0) is 45.6. The summed E-state index contributed by atoms with van der Waals surface area (Å²) in [6, 6.07) is 6.87. The van der Waals surface area contributed by atoms with E-state index in [4.69, 9.17) is 25.3 Å². The van der Waals surface area contributed by atoms with Gasteiger partial charge in [0.1, 0.15) is 36.3 Å². The molecule has 1 fully saturated rings. The number of amides is 2. The number of ether oxygens (including phenoxy) is 1. The second kappa shape index (κ2) is 20.4. The molecule has 3 aromatic heterocycles. The first kappa shape index (κ1) is 49.3. The molecule has 30 heteroatoms. The Kier molecular flexibility index (Phi) is 16.2. The first-order chi connectivity index (χ1) is 29.0. The SMILES string of the molecule is CC(C)(COP(=O)(O)OP(=O)(O)OCC1OC(n2cnc3c(N)ncnc32)C(O)C1OP(=O)(O)O)C(O)C(=O)NCCC(=O)NCCSC(=O)[C@@H](N)Cc1c[nH]c2ccccc12. The van der Waals surface area contributed by atoms with Crippen LogP contribution in [-0.2, 0) is 57.1 Å². The lowest BCUT2D eigenvalue weighted by atomic mass is 9.87. The number of aromatic amines is 1. The predicted molar refractivity (Wildman–Crippen MR) is 217 cm³/mol. The van der Waals surface area contributed by atoms with Gasteiger partial charge in [0.2, 0.25) is 16.9 Å². The number of phosphoric ester groups is 3. The van der Waals surface area contributed by atoms with Crippen molar-refractivity contribution in [2.24, 2.45) is 11.1 Å². The van der Waals surface area contributed by atoms with Gasteiger partial charge in [0.05, 0.1) is 25.6 Å². The number of hydrogen-bond donors (Lipinski definition) is 11. The van der Waals surface area contributed by atoms with E-state index >= 15 is 0 Å². The zero-order valence-corrected chi connectivity index (χ0v) is 36.3. The van der Waals surface area contributed by atoms with Gasteiger partial charge in [0, 0.05) is 47.8 Å². The van der Waals surface area contributed by atoms with E-state index in [0.717, 1.165) is 45.5 Å². The Balaban J connectivity index is 1.02. The first-order valence-corrected chi connectivity index (χ1v) is 23.8. The third kappa shape index (κ3) is 13.2. The number of para-hydroxylation sites is 1. The monoisotopic (exact) mass is 953 g/mol. The number of anilines is 1. The number of benzene rings is 1. The first-order valence-electron chi connectivity index (χ1n) is 18.3. The number of aliphatic hydroxyl groups excluding tert-OH is 2. The zero-order valence-electron chi connectivity index (χ0n) is 32.8. The van der Waals surface area contributed by atoms with E-state index in [1.54, 1.807) is 0 Å². The number of phosphoric acid groups is 3. The molecule has 4 aromatic rings. The number of aliphatic hydroxyl groups is 2. The summed E-state index contributed by atoms with van der Waals surface area (Å²) in [5.74, 6) is -1.27. The quantitative estimate of drug-likeness (QED) is 0.0356. The summed E-state index contributed by atoms with van der Waals surface area (Å²) < 4.78 is 62.3. The molecular weight excluding hydrogens is 907 g/mol. The Morgan fingerprint density at radius 3 is 2.48 bits per heavy atom. The second-order valence-electron chi connectivity index (χ2n) is 14.4. The maximum Gasteiger partial charge on any atom is 0.481 e. The maximum atomic E-state index is 12.7. The lowest BCUT2D eigenvalue weighted by Gasteiger charge is -2.30. The normalized spacial score (nSPS) is 21.3. The number of nitrogen functional groups attached to an aromatic ring is 1. The van der Waals surface area contributed by atoms with Gasteiger partial charge in [0.25, 0.3) is 0 Å². The number of imidazole rings is 1. The van der Waals surface area contributed by atoms with Crippen LogP contribution in [0.2, 0.25) is 0 Å². The number of H-pyrrole nitrogens is 1. The highest BCUT2D eigenvalue weighted by Crippen LogP contribution is 2.61. The van der Waals surface area contributed by atoms with Crippen molar-refractivity contribution >= 4 is 80.0 Å². The van der Waals surface area contributed by atoms with Crippen molar-refractivity contribution in [3.05, 3.63) is 48.7 Å². The van der Waals surface area contributed by atoms with Gasteiger partial charge in [-0.1, -0.05) is 43.8 Å². The summed E-state index contributed by atoms with van der Waals surface area (Å²) in [6.45, 7) is 0.353. The van der Waals surface area contributed by atoms with Crippen LogP contribution < -0.4 is 22.1 Å². The van der Waals surface area contributed by atoms with Crippen LogP contribution in [0.5, 0.6) is 0 Å². The molecule has 62 heavy (non-hydrogen) atoms. The van der Waals surface area contributed by atoms with Gasteiger partial charge in [-0.3, -0.25) is 32.5 Å². The van der Waals surface area contributed by atoms with Crippen LogP contribution in [0.1, 0.15) is 32.1 Å². The number of nitrogens with two attached hydrogens (primary N) is 2. The number of nitrogens with one attached hydrogen (secondary N) is 3. The van der Waals surface area contributed by atoms with Crippen LogP contribution in [0, 0.1) is 5.41 Å². The van der Waals surface area contributed by atoms with E-state index in [1.165, 1.54) is 13.8 Å². The minimum absolute atomic E-state index is 0.0259. The van der Waals surface area contributed by atoms with Crippen molar-refractivity contribution in [3.63, 3.8) is 0 Å². The molecule has 0 saturated carbocycles. The molecule has 2 amide bonds. The summed E-state index contributed by atoms with van der Waals surface area (Å²) in [5, 5.41) is 27.2. The van der Waals surface area contributed by atoms with Gasteiger partial charge in [-0.2, -0.15) is 4.31 Å². The topological polar surface area (TPSA) is 405 Å². The smallest absolute Gasteiger partial charge is 0.386 e. The average molecular weight is 954 g/mol. The fourth-order valence-corrected chi connectivity index (χ4v) is 9.54. The number of thioether (sulfide) groups is 1. The van der Waals surface area contributed by atoms with E-state index in [1.807, 2.05) is 30.5 Å². The molecule has 0 radical (unpaired) electrons. The van der Waals surface area contributed by atoms with Crippen molar-refractivity contribution < 1.29 is 80.5 Å². The summed E-state index contributed by atoms with van der Waals surface area (Å²) in [7, 11) is -16.4. The van der Waals surface area contributed by atoms with Gasteiger partial charge in [-0.25, -0.2) is 28.6 Å². The van der Waals surface area contributed by atoms with Gasteiger partial charge in [0.15, 0.2) is 17.7 Å². The van der Waals surface area contributed by atoms with Gasteiger partial charge in [-0.15, -0.1) is 0 Å². The Morgan fingerprint density at radius 1 is 1.05 bits per heavy atom. The summed E-state index contributed by atoms with van der Waals surface area (Å²) >= 11 is 0.970. The molecule has 4 heterocycles. The van der Waals surface area contributed by atoms with E-state index in [-0.39, 0.29) is 47.4 Å². The van der Waals surface area contributed by atoms with Crippen molar-refractivity contribution in [3.8, 4) is 0 Å². The van der Waals surface area contributed by atoms with E-state index in [0.29, 0.717) is 6.42 Å². The lowest BCUT2D eigenvalue weighted by molar-refractivity contribution is -0.137. The number of carbonyl (C=O) groups is 3. The van der Waals surface area contributed by atoms with Crippen molar-refractivity contribution in [1.82, 2.24) is 35.1 Å². The highest BCUT2D eigenvalue weighted by atomic mass is 32.2. The molecule has 342 valence electrons. The minimum atomic E-state index is -5.59. The van der Waals surface area contributed by atoms with Gasteiger partial charge < -0.3 is 61.6 Å². The molecule has 1 saturated heterocycles. The molecule has 26 nitrogen and oxygen atoms in total. The molecule has 0 bridgehead atoms. The molecule has 0 aliphatic carbocycles. The van der Waals surface area contributed by atoms with Crippen molar-refractivity contribution in [1.29, 1.82) is 0 Å². The summed E-state index contributed by atoms with van der Waals surface area (Å²) in [5.41, 5.74) is 12.2. The Morgan fingerprint density at radius 2 is 1.76 bits per heavy atom. The number of carbonyl (C=O) groups excluding carboxylic acids is 3. The number of fused-ring (bicyclic) bond motifs is 2. The van der Waals surface area contributed by atoms with Crippen LogP contribution >= 0.6 is 35.2 Å². The molecular formula is C32H46N9O17P3S. The van der Waals surface area contributed by atoms with Crippen LogP contribution in [0.3, 0.4) is 0 Å². The highest BCUT2D eigenvalue weighted by Gasteiger charge is 2.50. The summed E-state index contributed by atoms with van der Waals surface area (Å²) in [4.78, 5) is 91.7. The van der Waals surface area contributed by atoms with Crippen molar-refractivity contribution in [2.75, 3.05) is 37.8 Å². The van der Waals surface area contributed by atoms with E-state index in [2.05, 4.69) is 39.4 Å². The molecule has 1 aromatic carbocycles. The lowest BCUT2D eigenvalue weighted by Crippen LogP contribution is -2.46. The minimum Gasteiger partial charge on any atom is -0.386 e. The fraction of sp³-hybridized carbons (Fsp3) is 0.500. The van der Waals surface area contributed by atoms with Crippen molar-refractivity contribution in [2.45, 2.75) is 63.4 Å². The van der Waals surface area contributed by atoms with Gasteiger partial charge >= 0.3 is 23.5 Å². The average Bonchev–Trinajstić information content (AvgIpc) is 3.89. The largest absolute Gasteiger partial charge is 0.481 e. The van der Waals surface area contributed by atoms with Gasteiger partial charge in [-0.05, 0) is 18.1 Å². The second-order valence-corrected chi connectivity index (χ2v) is 19.7. The predicted octanol–water partition coefficient (Wildman–Crippen LogP) is -0.284. The van der Waals surface area contributed by atoms with Crippen LogP contribution in [0.4, 0.5) is 5.82 Å². The Labute approximate surface area is 355 Å². The number of nitrogens with zero attached hydrogens (tertiary/aromatic N) is 4. The third-order valence-electron chi connectivity index (χ3n) is 9.16. The molecule has 5 rings (SSSR count). The Bertz CT molecular complexity index is 2380. The molecule has 13 N–H and O–H groups in total. The number of hydrogen-bond acceptors (Lipinski definition) is 19. The van der Waals surface area contributed by atoms with Crippen LogP contribution in [0.25, 0.3) is 22.1 Å². The van der Waals surface area contributed by atoms with Crippen LogP contribution in [-0.4, -0.2) is 134 Å². The maximum absolute atomic E-state index is 12.7. The molecule has 1 aliphatic rings.